The Bertz CT molecular complexity index is 562. The maximum absolute atomic E-state index is 12.5. The second kappa shape index (κ2) is 6.32. The number of H-pyrrole nitrogens is 1. The molecule has 1 amide bonds. The highest BCUT2D eigenvalue weighted by Gasteiger charge is 2.22. The van der Waals surface area contributed by atoms with Crippen LogP contribution in [0.5, 0.6) is 0 Å². The molecule has 1 heterocycles. The Kier molecular flexibility index (Phi) is 4.50. The lowest BCUT2D eigenvalue weighted by Crippen LogP contribution is -2.37. The van der Waals surface area contributed by atoms with E-state index in [0.29, 0.717) is 6.54 Å². The number of carbonyl (C=O) groups is 1. The third-order valence-electron chi connectivity index (χ3n) is 3.14. The molecule has 0 unspecified atom stereocenters. The Labute approximate surface area is 119 Å². The maximum atomic E-state index is 12.5. The zero-order chi connectivity index (χ0) is 14.5. The highest BCUT2D eigenvalue weighted by atomic mass is 16.2. The van der Waals surface area contributed by atoms with Crippen LogP contribution in [0, 0.1) is 0 Å². The number of benzene rings is 1. The standard InChI is InChI=1S/C15H20N4O/c1-4-13-16-14(18-17-13)15(20)19(11(2)3)10-12-8-6-5-7-9-12/h5-9,11H,4,10H2,1-3H3,(H,16,17,18). The zero-order valence-corrected chi connectivity index (χ0v) is 12.1. The number of hydrogen-bond acceptors (Lipinski definition) is 3. The third-order valence-corrected chi connectivity index (χ3v) is 3.14. The SMILES string of the molecule is CCc1nc(C(=O)N(Cc2ccccc2)C(C)C)n[nH]1. The van der Waals surface area contributed by atoms with Crippen molar-refractivity contribution < 1.29 is 4.79 Å². The molecule has 0 aliphatic rings. The van der Waals surface area contributed by atoms with Crippen molar-refractivity contribution in [3.05, 3.63) is 47.5 Å². The summed E-state index contributed by atoms with van der Waals surface area (Å²) in [6, 6.07) is 10.0. The van der Waals surface area contributed by atoms with Gasteiger partial charge in [0.25, 0.3) is 5.91 Å². The highest BCUT2D eigenvalue weighted by Crippen LogP contribution is 2.11. The average Bonchev–Trinajstić information content (AvgIpc) is 2.94. The van der Waals surface area contributed by atoms with Gasteiger partial charge >= 0.3 is 0 Å². The van der Waals surface area contributed by atoms with Gasteiger partial charge in [-0.1, -0.05) is 37.3 Å². The number of nitrogens with zero attached hydrogens (tertiary/aromatic N) is 3. The van der Waals surface area contributed by atoms with Crippen molar-refractivity contribution >= 4 is 5.91 Å². The molecular formula is C15H20N4O. The summed E-state index contributed by atoms with van der Waals surface area (Å²) in [4.78, 5) is 18.5. The Balaban J connectivity index is 2.18. The topological polar surface area (TPSA) is 61.9 Å². The second-order valence-electron chi connectivity index (χ2n) is 4.97. The first-order chi connectivity index (χ1) is 9.61. The summed E-state index contributed by atoms with van der Waals surface area (Å²) in [5.41, 5.74) is 1.10. The van der Waals surface area contributed by atoms with Crippen LogP contribution in [-0.2, 0) is 13.0 Å². The van der Waals surface area contributed by atoms with Gasteiger partial charge in [0.1, 0.15) is 5.82 Å². The molecule has 1 aromatic heterocycles. The summed E-state index contributed by atoms with van der Waals surface area (Å²) in [5.74, 6) is 0.836. The van der Waals surface area contributed by atoms with Gasteiger partial charge in [-0.2, -0.15) is 0 Å². The van der Waals surface area contributed by atoms with E-state index in [-0.39, 0.29) is 17.8 Å². The van der Waals surface area contributed by atoms with Crippen LogP contribution < -0.4 is 0 Å². The molecule has 0 saturated heterocycles. The van der Waals surface area contributed by atoms with E-state index >= 15 is 0 Å². The minimum Gasteiger partial charge on any atom is -0.329 e. The number of aromatic nitrogens is 3. The molecule has 0 spiro atoms. The van der Waals surface area contributed by atoms with E-state index in [4.69, 9.17) is 0 Å². The van der Waals surface area contributed by atoms with Crippen LogP contribution in [0.2, 0.25) is 0 Å². The van der Waals surface area contributed by atoms with E-state index in [2.05, 4.69) is 15.2 Å². The van der Waals surface area contributed by atoms with E-state index < -0.39 is 0 Å². The van der Waals surface area contributed by atoms with Gasteiger partial charge in [-0.25, -0.2) is 4.98 Å². The van der Waals surface area contributed by atoms with Crippen molar-refractivity contribution in [1.29, 1.82) is 0 Å². The minimum absolute atomic E-state index is 0.0892. The predicted octanol–water partition coefficient (Wildman–Crippen LogP) is 2.42. The van der Waals surface area contributed by atoms with E-state index in [0.717, 1.165) is 17.8 Å². The van der Waals surface area contributed by atoms with Crippen molar-refractivity contribution in [2.45, 2.75) is 39.8 Å². The van der Waals surface area contributed by atoms with Gasteiger partial charge in [-0.3, -0.25) is 9.89 Å². The average molecular weight is 272 g/mol. The number of rotatable bonds is 5. The first-order valence-corrected chi connectivity index (χ1v) is 6.88. The molecule has 5 nitrogen and oxygen atoms in total. The summed E-state index contributed by atoms with van der Waals surface area (Å²) >= 11 is 0. The molecule has 0 fully saturated rings. The fraction of sp³-hybridized carbons (Fsp3) is 0.400. The molecule has 0 bridgehead atoms. The molecule has 0 saturated carbocycles. The van der Waals surface area contributed by atoms with E-state index in [9.17, 15) is 4.79 Å². The quantitative estimate of drug-likeness (QED) is 0.909. The fourth-order valence-corrected chi connectivity index (χ4v) is 1.95. The van der Waals surface area contributed by atoms with Gasteiger partial charge in [-0.15, -0.1) is 5.10 Å². The molecule has 106 valence electrons. The molecule has 20 heavy (non-hydrogen) atoms. The zero-order valence-electron chi connectivity index (χ0n) is 12.1. The van der Waals surface area contributed by atoms with E-state index in [1.807, 2.05) is 51.1 Å². The lowest BCUT2D eigenvalue weighted by Gasteiger charge is -2.25. The number of nitrogens with one attached hydrogen (secondary N) is 1. The van der Waals surface area contributed by atoms with Crippen LogP contribution in [0.4, 0.5) is 0 Å². The molecule has 1 aromatic carbocycles. The highest BCUT2D eigenvalue weighted by molar-refractivity contribution is 5.90. The van der Waals surface area contributed by atoms with Crippen LogP contribution in [-0.4, -0.2) is 32.0 Å². The molecule has 0 radical (unpaired) electrons. The van der Waals surface area contributed by atoms with Gasteiger partial charge in [0.05, 0.1) is 0 Å². The molecule has 0 aliphatic heterocycles. The van der Waals surface area contributed by atoms with Crippen molar-refractivity contribution in [3.8, 4) is 0 Å². The molecule has 1 N–H and O–H groups in total. The van der Waals surface area contributed by atoms with Crippen molar-refractivity contribution in [2.24, 2.45) is 0 Å². The third kappa shape index (κ3) is 3.23. The Hall–Kier alpha value is -2.17. The molecule has 0 atom stereocenters. The second-order valence-corrected chi connectivity index (χ2v) is 4.97. The van der Waals surface area contributed by atoms with Gasteiger partial charge in [0.2, 0.25) is 5.82 Å². The van der Waals surface area contributed by atoms with Crippen LogP contribution in [0.25, 0.3) is 0 Å². The Morgan fingerprint density at radius 2 is 2.00 bits per heavy atom. The normalized spacial score (nSPS) is 10.8. The number of hydrogen-bond donors (Lipinski definition) is 1. The molecule has 0 aliphatic carbocycles. The monoisotopic (exact) mass is 272 g/mol. The number of aryl methyl sites for hydroxylation is 1. The minimum atomic E-state index is -0.139. The van der Waals surface area contributed by atoms with Crippen molar-refractivity contribution in [1.82, 2.24) is 20.1 Å². The van der Waals surface area contributed by atoms with E-state index in [1.54, 1.807) is 4.90 Å². The van der Waals surface area contributed by atoms with E-state index in [1.165, 1.54) is 0 Å². The smallest absolute Gasteiger partial charge is 0.294 e. The van der Waals surface area contributed by atoms with Crippen molar-refractivity contribution in [2.75, 3.05) is 0 Å². The Morgan fingerprint density at radius 1 is 1.30 bits per heavy atom. The fourth-order valence-electron chi connectivity index (χ4n) is 1.95. The number of carbonyl (C=O) groups excluding carboxylic acids is 1. The summed E-state index contributed by atoms with van der Waals surface area (Å²) in [5, 5.41) is 6.79. The van der Waals surface area contributed by atoms with Crippen LogP contribution in [0.3, 0.4) is 0 Å². The van der Waals surface area contributed by atoms with Crippen LogP contribution >= 0.6 is 0 Å². The Morgan fingerprint density at radius 3 is 2.55 bits per heavy atom. The molecule has 5 heteroatoms. The summed E-state index contributed by atoms with van der Waals surface area (Å²) in [6.07, 6.45) is 0.737. The molecular weight excluding hydrogens is 252 g/mol. The van der Waals surface area contributed by atoms with Crippen molar-refractivity contribution in [3.63, 3.8) is 0 Å². The number of amides is 1. The van der Waals surface area contributed by atoms with Gasteiger partial charge in [0.15, 0.2) is 0 Å². The largest absolute Gasteiger partial charge is 0.329 e. The lowest BCUT2D eigenvalue weighted by molar-refractivity contribution is 0.0678. The first-order valence-electron chi connectivity index (χ1n) is 6.88. The molecule has 2 aromatic rings. The van der Waals surface area contributed by atoms with Crippen LogP contribution in [0.1, 0.15) is 42.8 Å². The summed E-state index contributed by atoms with van der Waals surface area (Å²) in [7, 11) is 0. The predicted molar refractivity (Wildman–Crippen MR) is 77.2 cm³/mol. The maximum Gasteiger partial charge on any atom is 0.294 e. The lowest BCUT2D eigenvalue weighted by atomic mass is 10.2. The summed E-state index contributed by atoms with van der Waals surface area (Å²) in [6.45, 7) is 6.52. The van der Waals surface area contributed by atoms with Gasteiger partial charge < -0.3 is 4.90 Å². The van der Waals surface area contributed by atoms with Gasteiger partial charge in [-0.05, 0) is 19.4 Å². The number of aromatic amines is 1. The first kappa shape index (κ1) is 14.2. The molecule has 2 rings (SSSR count). The van der Waals surface area contributed by atoms with Gasteiger partial charge in [0, 0.05) is 19.0 Å². The van der Waals surface area contributed by atoms with Crippen LogP contribution in [0.15, 0.2) is 30.3 Å². The summed E-state index contributed by atoms with van der Waals surface area (Å²) < 4.78 is 0.